The Morgan fingerprint density at radius 2 is 2.05 bits per heavy atom. The highest BCUT2D eigenvalue weighted by molar-refractivity contribution is 5.85. The van der Waals surface area contributed by atoms with Crippen molar-refractivity contribution in [3.63, 3.8) is 0 Å². The number of ether oxygens (including phenoxy) is 3. The maximum Gasteiger partial charge on any atom is 0.192 e. The van der Waals surface area contributed by atoms with Crippen molar-refractivity contribution in [1.82, 2.24) is 0 Å². The summed E-state index contributed by atoms with van der Waals surface area (Å²) in [5.74, 6) is 2.40. The minimum atomic E-state index is 0.604. The van der Waals surface area contributed by atoms with Gasteiger partial charge in [-0.25, -0.2) is 4.99 Å². The highest BCUT2D eigenvalue weighted by Crippen LogP contribution is 2.36. The molecule has 102 valence electrons. The lowest BCUT2D eigenvalue weighted by Crippen LogP contribution is -2.10. The standard InChI is InChI=1S/C15H19NO3/c1-5-19-14-9-12-11(6-7-16-14)15(18-4)10(2)8-13(12)17-3/h6-8H,5,9H2,1-4H3. The minimum absolute atomic E-state index is 0.604. The Kier molecular flexibility index (Phi) is 4.10. The van der Waals surface area contributed by atoms with Gasteiger partial charge in [0.05, 0.1) is 27.2 Å². The van der Waals surface area contributed by atoms with Gasteiger partial charge in [0.25, 0.3) is 0 Å². The fourth-order valence-corrected chi connectivity index (χ4v) is 2.29. The van der Waals surface area contributed by atoms with Crippen molar-refractivity contribution in [2.75, 3.05) is 20.8 Å². The van der Waals surface area contributed by atoms with Gasteiger partial charge in [0.1, 0.15) is 11.5 Å². The fraction of sp³-hybridized carbons (Fsp3) is 0.400. The molecule has 1 aromatic rings. The molecule has 0 fully saturated rings. The molecule has 0 bridgehead atoms. The molecule has 0 aliphatic carbocycles. The van der Waals surface area contributed by atoms with Crippen LogP contribution >= 0.6 is 0 Å². The maximum absolute atomic E-state index is 5.53. The molecule has 0 saturated carbocycles. The zero-order valence-corrected chi connectivity index (χ0v) is 11.8. The number of hydrogen-bond donors (Lipinski definition) is 0. The van der Waals surface area contributed by atoms with Gasteiger partial charge in [0.15, 0.2) is 5.90 Å². The second-order valence-corrected chi connectivity index (χ2v) is 4.27. The molecule has 0 atom stereocenters. The molecule has 19 heavy (non-hydrogen) atoms. The lowest BCUT2D eigenvalue weighted by molar-refractivity contribution is 0.319. The lowest BCUT2D eigenvalue weighted by Gasteiger charge is -2.17. The Bertz CT molecular complexity index is 533. The zero-order valence-electron chi connectivity index (χ0n) is 11.8. The van der Waals surface area contributed by atoms with Gasteiger partial charge >= 0.3 is 0 Å². The summed E-state index contributed by atoms with van der Waals surface area (Å²) in [7, 11) is 3.35. The average molecular weight is 261 g/mol. The van der Waals surface area contributed by atoms with Crippen LogP contribution in [0.15, 0.2) is 17.3 Å². The first kappa shape index (κ1) is 13.5. The van der Waals surface area contributed by atoms with Crippen LogP contribution in [0.4, 0.5) is 0 Å². The Morgan fingerprint density at radius 1 is 1.26 bits per heavy atom. The number of fused-ring (bicyclic) bond motifs is 1. The first-order valence-electron chi connectivity index (χ1n) is 6.31. The van der Waals surface area contributed by atoms with Crippen molar-refractivity contribution in [1.29, 1.82) is 0 Å². The predicted octanol–water partition coefficient (Wildman–Crippen LogP) is 2.97. The van der Waals surface area contributed by atoms with Crippen molar-refractivity contribution in [2.24, 2.45) is 4.99 Å². The van der Waals surface area contributed by atoms with E-state index in [1.165, 1.54) is 0 Å². The van der Waals surface area contributed by atoms with E-state index in [9.17, 15) is 0 Å². The van der Waals surface area contributed by atoms with Crippen LogP contribution in [0.25, 0.3) is 6.08 Å². The highest BCUT2D eigenvalue weighted by atomic mass is 16.5. The summed E-state index contributed by atoms with van der Waals surface area (Å²) < 4.78 is 16.5. The number of aryl methyl sites for hydroxylation is 1. The smallest absolute Gasteiger partial charge is 0.192 e. The van der Waals surface area contributed by atoms with Crippen molar-refractivity contribution in [2.45, 2.75) is 20.3 Å². The van der Waals surface area contributed by atoms with E-state index in [1.54, 1.807) is 20.4 Å². The van der Waals surface area contributed by atoms with Gasteiger partial charge in [-0.05, 0) is 31.6 Å². The molecule has 0 saturated heterocycles. The molecule has 0 unspecified atom stereocenters. The van der Waals surface area contributed by atoms with E-state index in [2.05, 4.69) is 4.99 Å². The average Bonchev–Trinajstić information content (AvgIpc) is 2.61. The summed E-state index contributed by atoms with van der Waals surface area (Å²) in [6.07, 6.45) is 4.30. The normalized spacial score (nSPS) is 13.4. The molecule has 0 radical (unpaired) electrons. The molecular formula is C15H19NO3. The van der Waals surface area contributed by atoms with E-state index < -0.39 is 0 Å². The van der Waals surface area contributed by atoms with E-state index in [0.717, 1.165) is 28.2 Å². The Morgan fingerprint density at radius 3 is 2.68 bits per heavy atom. The van der Waals surface area contributed by atoms with Crippen LogP contribution in [0.3, 0.4) is 0 Å². The first-order valence-corrected chi connectivity index (χ1v) is 6.31. The molecule has 0 N–H and O–H groups in total. The van der Waals surface area contributed by atoms with Gasteiger partial charge in [-0.2, -0.15) is 0 Å². The Balaban J connectivity index is 2.55. The van der Waals surface area contributed by atoms with Crippen LogP contribution in [0.1, 0.15) is 23.6 Å². The summed E-state index contributed by atoms with van der Waals surface area (Å²) in [4.78, 5) is 4.31. The van der Waals surface area contributed by atoms with Gasteiger partial charge in [-0.15, -0.1) is 0 Å². The number of methoxy groups -OCH3 is 2. The van der Waals surface area contributed by atoms with Crippen LogP contribution in [0.2, 0.25) is 0 Å². The van der Waals surface area contributed by atoms with Crippen molar-refractivity contribution >= 4 is 12.0 Å². The maximum atomic E-state index is 5.53. The van der Waals surface area contributed by atoms with Crippen molar-refractivity contribution < 1.29 is 14.2 Å². The third-order valence-electron chi connectivity index (χ3n) is 3.10. The highest BCUT2D eigenvalue weighted by Gasteiger charge is 2.19. The van der Waals surface area contributed by atoms with Crippen molar-refractivity contribution in [3.8, 4) is 11.5 Å². The minimum Gasteiger partial charge on any atom is -0.496 e. The monoisotopic (exact) mass is 261 g/mol. The molecule has 0 amide bonds. The summed E-state index contributed by atoms with van der Waals surface area (Å²) in [5, 5.41) is 0. The summed E-state index contributed by atoms with van der Waals surface area (Å²) in [5.41, 5.74) is 3.10. The number of rotatable bonds is 3. The first-order chi connectivity index (χ1) is 9.21. The predicted molar refractivity (Wildman–Crippen MR) is 76.1 cm³/mol. The Labute approximate surface area is 113 Å². The molecule has 0 aromatic heterocycles. The second-order valence-electron chi connectivity index (χ2n) is 4.27. The number of aliphatic imine (C=N–C) groups is 1. The molecule has 1 aliphatic rings. The van der Waals surface area contributed by atoms with E-state index in [4.69, 9.17) is 14.2 Å². The lowest BCUT2D eigenvalue weighted by atomic mass is 9.99. The summed E-state index contributed by atoms with van der Waals surface area (Å²) in [6, 6.07) is 1.99. The fourth-order valence-electron chi connectivity index (χ4n) is 2.29. The zero-order chi connectivity index (χ0) is 13.8. The van der Waals surface area contributed by atoms with Crippen LogP contribution in [-0.2, 0) is 11.2 Å². The quantitative estimate of drug-likeness (QED) is 0.839. The van der Waals surface area contributed by atoms with Gasteiger partial charge in [-0.3, -0.25) is 0 Å². The third kappa shape index (κ3) is 2.57. The number of benzene rings is 1. The summed E-state index contributed by atoms with van der Waals surface area (Å²) >= 11 is 0. The molecule has 2 rings (SSSR count). The third-order valence-corrected chi connectivity index (χ3v) is 3.10. The van der Waals surface area contributed by atoms with Crippen molar-refractivity contribution in [3.05, 3.63) is 29.0 Å². The largest absolute Gasteiger partial charge is 0.496 e. The molecule has 1 heterocycles. The topological polar surface area (TPSA) is 40.0 Å². The Hall–Kier alpha value is -1.97. The van der Waals surface area contributed by atoms with Gasteiger partial charge in [0.2, 0.25) is 0 Å². The van der Waals surface area contributed by atoms with E-state index in [1.807, 2.05) is 26.0 Å². The van der Waals surface area contributed by atoms with Gasteiger partial charge in [0, 0.05) is 17.3 Å². The summed E-state index contributed by atoms with van der Waals surface area (Å²) in [6.45, 7) is 4.56. The van der Waals surface area contributed by atoms with Gasteiger partial charge in [-0.1, -0.05) is 0 Å². The second kappa shape index (κ2) is 5.78. The number of hydrogen-bond acceptors (Lipinski definition) is 4. The van der Waals surface area contributed by atoms with E-state index >= 15 is 0 Å². The van der Waals surface area contributed by atoms with Crippen LogP contribution in [0, 0.1) is 6.92 Å². The van der Waals surface area contributed by atoms with E-state index in [-0.39, 0.29) is 0 Å². The molecule has 4 nitrogen and oxygen atoms in total. The van der Waals surface area contributed by atoms with E-state index in [0.29, 0.717) is 18.9 Å². The molecule has 4 heteroatoms. The SMILES string of the molecule is CCOC1=NC=Cc2c(c(OC)cc(C)c2OC)C1. The molecular weight excluding hydrogens is 242 g/mol. The molecule has 1 aromatic carbocycles. The number of nitrogens with zero attached hydrogens (tertiary/aromatic N) is 1. The van der Waals surface area contributed by atoms with Gasteiger partial charge < -0.3 is 14.2 Å². The van der Waals surface area contributed by atoms with Crippen LogP contribution in [-0.4, -0.2) is 26.7 Å². The van der Waals surface area contributed by atoms with Crippen LogP contribution < -0.4 is 9.47 Å². The van der Waals surface area contributed by atoms with Crippen LogP contribution in [0.5, 0.6) is 11.5 Å². The molecule has 1 aliphatic heterocycles. The molecule has 0 spiro atoms.